The minimum Gasteiger partial charge on any atom is -0.479 e. The number of nitrogens with zero attached hydrogens (tertiary/aromatic N) is 2. The van der Waals surface area contributed by atoms with Crippen LogP contribution in [-0.4, -0.2) is 34.5 Å². The normalized spacial score (nSPS) is 12.2. The summed E-state index contributed by atoms with van der Waals surface area (Å²) in [5, 5.41) is 16.4. The summed E-state index contributed by atoms with van der Waals surface area (Å²) in [6.45, 7) is 17.4. The molecule has 0 unspecified atom stereocenters. The van der Waals surface area contributed by atoms with Gasteiger partial charge in [0.2, 0.25) is 11.8 Å². The Morgan fingerprint density at radius 2 is 1.17 bits per heavy atom. The maximum absolute atomic E-state index is 12.4. The van der Waals surface area contributed by atoms with Gasteiger partial charge in [0.15, 0.2) is 0 Å². The van der Waals surface area contributed by atoms with Crippen LogP contribution in [0, 0.1) is 19.3 Å². The van der Waals surface area contributed by atoms with Crippen LogP contribution < -0.4 is 20.1 Å². The molecule has 4 N–H and O–H groups in total. The first-order chi connectivity index (χ1) is 20.2. The number of para-hydroxylation sites is 2. The first kappa shape index (κ1) is 37.9. The van der Waals surface area contributed by atoms with Crippen molar-refractivity contribution in [2.45, 2.75) is 93.5 Å². The van der Waals surface area contributed by atoms with Gasteiger partial charge >= 0.3 is 5.97 Å². The number of rotatable bonds is 7. The van der Waals surface area contributed by atoms with Crippen LogP contribution in [-0.2, 0) is 4.79 Å². The van der Waals surface area contributed by atoms with E-state index in [-0.39, 0.29) is 5.84 Å². The maximum Gasteiger partial charge on any atom is 0.329 e. The van der Waals surface area contributed by atoms with Crippen LogP contribution in [0.25, 0.3) is 0 Å². The number of nitrogens with two attached hydrogens (primary N) is 1. The third-order valence-corrected chi connectivity index (χ3v) is 6.28. The lowest BCUT2D eigenvalue weighted by Gasteiger charge is -2.38. The molecule has 1 saturated carbocycles. The number of anilines is 1. The van der Waals surface area contributed by atoms with E-state index in [1.54, 1.807) is 0 Å². The quantitative estimate of drug-likeness (QED) is 0.188. The zero-order valence-electron chi connectivity index (χ0n) is 27.2. The molecule has 8 heteroatoms. The van der Waals surface area contributed by atoms with Crippen LogP contribution in [0.1, 0.15) is 85.3 Å². The van der Waals surface area contributed by atoms with Crippen molar-refractivity contribution >= 4 is 17.5 Å². The van der Waals surface area contributed by atoms with Gasteiger partial charge in [0.05, 0.1) is 11.5 Å². The fourth-order valence-corrected chi connectivity index (χ4v) is 4.51. The summed E-state index contributed by atoms with van der Waals surface area (Å²) in [7, 11) is 1.85. The molecular weight excluding hydrogens is 528 g/mol. The molecule has 0 amide bonds. The summed E-state index contributed by atoms with van der Waals surface area (Å²) in [6, 6.07) is 18.8. The van der Waals surface area contributed by atoms with Gasteiger partial charge in [0.1, 0.15) is 17.0 Å². The molecule has 0 spiro atoms. The van der Waals surface area contributed by atoms with Crippen molar-refractivity contribution in [3.63, 3.8) is 0 Å². The zero-order chi connectivity index (χ0) is 32.3. The molecule has 0 radical (unpaired) electrons. The highest BCUT2D eigenvalue weighted by molar-refractivity contribution is 5.85. The van der Waals surface area contributed by atoms with Gasteiger partial charge in [-0.3, -0.25) is 5.41 Å². The van der Waals surface area contributed by atoms with Crippen molar-refractivity contribution in [3.8, 4) is 23.3 Å². The van der Waals surface area contributed by atoms with Crippen molar-refractivity contribution in [2.75, 3.05) is 11.9 Å². The molecule has 42 heavy (non-hydrogen) atoms. The standard InChI is InChI=1S/C26H28N2O4.C2H6N2.3C2H6/c1-18-22(28(3)26(25(29)30)16-10-11-17-26)19(2)24(32-21-14-8-5-9-15-21)27-23(18)31-20-12-6-4-7-13-20;1-2(3)4;3*1-2/h4-9,12-15H,10-11,16-17H2,1-3H3,(H,29,30);1H3,(H3,3,4);3*1-2H3. The highest BCUT2D eigenvalue weighted by atomic mass is 16.5. The maximum atomic E-state index is 12.4. The van der Waals surface area contributed by atoms with Gasteiger partial charge in [0, 0.05) is 18.2 Å². The number of hydrogen-bond donors (Lipinski definition) is 3. The topological polar surface area (TPSA) is 122 Å². The van der Waals surface area contributed by atoms with E-state index in [4.69, 9.17) is 20.6 Å². The van der Waals surface area contributed by atoms with Gasteiger partial charge in [-0.05, 0) is 57.9 Å². The number of carbonyl (C=O) groups is 1. The molecule has 1 aliphatic carbocycles. The minimum atomic E-state index is -0.953. The van der Waals surface area contributed by atoms with E-state index in [1.807, 2.05) is 128 Å². The number of likely N-dealkylation sites (N-methyl/N-ethyl adjacent to an activating group) is 1. The monoisotopic (exact) mass is 580 g/mol. The number of amidine groups is 1. The Morgan fingerprint density at radius 3 is 1.48 bits per heavy atom. The average molecular weight is 581 g/mol. The SMILES string of the molecule is CC.CC.CC.CC(=N)N.Cc1c(Oc2ccccc2)nc(Oc2ccccc2)c(C)c1N(C)C1(C(=O)O)CCCC1. The number of carboxylic acid groups (broad SMARTS) is 1. The predicted molar refractivity (Wildman–Crippen MR) is 176 cm³/mol. The van der Waals surface area contributed by atoms with E-state index >= 15 is 0 Å². The second kappa shape index (κ2) is 19.9. The van der Waals surface area contributed by atoms with Crippen molar-refractivity contribution < 1.29 is 19.4 Å². The number of nitrogens with one attached hydrogen (secondary N) is 1. The summed E-state index contributed by atoms with van der Waals surface area (Å²) in [5.74, 6) is 1.46. The molecule has 0 bridgehead atoms. The van der Waals surface area contributed by atoms with Gasteiger partial charge in [0.25, 0.3) is 0 Å². The Hall–Kier alpha value is -4.07. The fourth-order valence-electron chi connectivity index (χ4n) is 4.51. The number of carboxylic acids is 1. The number of aliphatic carboxylic acids is 1. The summed E-state index contributed by atoms with van der Waals surface area (Å²) in [4.78, 5) is 19.0. The smallest absolute Gasteiger partial charge is 0.329 e. The van der Waals surface area contributed by atoms with Crippen molar-refractivity contribution in [2.24, 2.45) is 5.73 Å². The highest BCUT2D eigenvalue weighted by Gasteiger charge is 2.46. The molecular formula is C34H52N4O4. The van der Waals surface area contributed by atoms with Crippen molar-refractivity contribution in [1.29, 1.82) is 5.41 Å². The molecule has 4 rings (SSSR count). The molecule has 1 aromatic heterocycles. The molecule has 1 heterocycles. The molecule has 0 atom stereocenters. The van der Waals surface area contributed by atoms with Gasteiger partial charge in [-0.25, -0.2) is 4.79 Å². The number of ether oxygens (including phenoxy) is 2. The molecule has 1 fully saturated rings. The van der Waals surface area contributed by atoms with Crippen LogP contribution in [0.15, 0.2) is 60.7 Å². The first-order valence-electron chi connectivity index (χ1n) is 14.9. The van der Waals surface area contributed by atoms with E-state index in [9.17, 15) is 9.90 Å². The highest BCUT2D eigenvalue weighted by Crippen LogP contribution is 2.44. The van der Waals surface area contributed by atoms with E-state index in [1.165, 1.54) is 6.92 Å². The van der Waals surface area contributed by atoms with Gasteiger partial charge < -0.3 is 25.2 Å². The van der Waals surface area contributed by atoms with Gasteiger partial charge in [-0.2, -0.15) is 4.98 Å². The Morgan fingerprint density at radius 1 is 0.833 bits per heavy atom. The van der Waals surface area contributed by atoms with E-state index < -0.39 is 11.5 Å². The van der Waals surface area contributed by atoms with E-state index in [0.717, 1.165) is 29.7 Å². The Labute approximate surface area is 253 Å². The third kappa shape index (κ3) is 10.4. The van der Waals surface area contributed by atoms with Crippen molar-refractivity contribution in [3.05, 3.63) is 71.8 Å². The van der Waals surface area contributed by atoms with Crippen LogP contribution in [0.2, 0.25) is 0 Å². The molecule has 2 aromatic carbocycles. The second-order valence-electron chi connectivity index (χ2n) is 8.94. The molecule has 0 aliphatic heterocycles. The average Bonchev–Trinajstić information content (AvgIpc) is 3.51. The minimum absolute atomic E-state index is 0.167. The van der Waals surface area contributed by atoms with Gasteiger partial charge in [-0.1, -0.05) is 90.8 Å². The molecule has 232 valence electrons. The molecule has 8 nitrogen and oxygen atoms in total. The number of aromatic nitrogens is 1. The van der Waals surface area contributed by atoms with Crippen LogP contribution in [0.4, 0.5) is 5.69 Å². The lowest BCUT2D eigenvalue weighted by Crippen LogP contribution is -2.51. The largest absolute Gasteiger partial charge is 0.479 e. The number of hydrogen-bond acceptors (Lipinski definition) is 6. The van der Waals surface area contributed by atoms with Crippen molar-refractivity contribution in [1.82, 2.24) is 4.98 Å². The van der Waals surface area contributed by atoms with E-state index in [2.05, 4.69) is 4.98 Å². The van der Waals surface area contributed by atoms with Crippen LogP contribution in [0.5, 0.6) is 23.3 Å². The fraction of sp³-hybridized carbons (Fsp3) is 0.441. The van der Waals surface area contributed by atoms with Crippen LogP contribution in [0.3, 0.4) is 0 Å². The van der Waals surface area contributed by atoms with Crippen LogP contribution >= 0.6 is 0 Å². The molecule has 0 saturated heterocycles. The second-order valence-corrected chi connectivity index (χ2v) is 8.94. The predicted octanol–water partition coefficient (Wildman–Crippen LogP) is 9.14. The third-order valence-electron chi connectivity index (χ3n) is 6.28. The Balaban J connectivity index is 0.00000150. The lowest BCUT2D eigenvalue weighted by atomic mass is 9.93. The summed E-state index contributed by atoms with van der Waals surface area (Å²) >= 11 is 0. The number of pyridine rings is 1. The van der Waals surface area contributed by atoms with Gasteiger partial charge in [-0.15, -0.1) is 0 Å². The summed E-state index contributed by atoms with van der Waals surface area (Å²) in [5.41, 5.74) is 6.08. The Bertz CT molecular complexity index is 1130. The Kier molecular flexibility index (Phi) is 18.0. The zero-order valence-corrected chi connectivity index (χ0v) is 27.2. The molecule has 1 aliphatic rings. The summed E-state index contributed by atoms with van der Waals surface area (Å²) in [6.07, 6.45) is 2.98. The molecule has 3 aromatic rings. The van der Waals surface area contributed by atoms with E-state index in [0.29, 0.717) is 36.1 Å². The summed E-state index contributed by atoms with van der Waals surface area (Å²) < 4.78 is 12.2. The lowest BCUT2D eigenvalue weighted by molar-refractivity contribution is -0.143. The first-order valence-corrected chi connectivity index (χ1v) is 14.9. The number of benzene rings is 2.